The molecule has 0 aromatic carbocycles. The first kappa shape index (κ1) is 74.6. The zero-order valence-electron chi connectivity index (χ0n) is 47.6. The lowest BCUT2D eigenvalue weighted by atomic mass is 9.98. The third-order valence-electron chi connectivity index (χ3n) is 15.3. The van der Waals surface area contributed by atoms with Crippen molar-refractivity contribution in [1.82, 2.24) is 0 Å². The van der Waals surface area contributed by atoms with E-state index in [0.717, 1.165) is 0 Å². The van der Waals surface area contributed by atoms with Crippen LogP contribution in [-0.4, -0.2) is 392 Å². The highest BCUT2D eigenvalue weighted by atomic mass is 16.8. The third-order valence-corrected chi connectivity index (χ3v) is 15.3. The third kappa shape index (κ3) is 20.0. The van der Waals surface area contributed by atoms with Crippen molar-refractivity contribution in [2.45, 2.75) is 216 Å². The zero-order chi connectivity index (χ0) is 63.5. The van der Waals surface area contributed by atoms with Gasteiger partial charge < -0.3 is 178 Å². The van der Waals surface area contributed by atoms with E-state index in [1.807, 2.05) is 0 Å². The summed E-state index contributed by atoms with van der Waals surface area (Å²) < 4.78 is 94.1. The molecule has 6 rings (SSSR count). The Morgan fingerprint density at radius 2 is 0.425 bits per heavy atom. The van der Waals surface area contributed by atoms with Gasteiger partial charge in [-0.1, -0.05) is 0 Å². The molecule has 0 bridgehead atoms. The molecular weight excluding hydrogens is 1190 g/mol. The number of rotatable bonds is 36. The molecule has 6 fully saturated rings. The quantitative estimate of drug-likeness (QED) is 0.0259. The second-order valence-corrected chi connectivity index (χ2v) is 21.6. The van der Waals surface area contributed by atoms with Gasteiger partial charge in [0.1, 0.15) is 146 Å². The second-order valence-electron chi connectivity index (χ2n) is 21.6. The van der Waals surface area contributed by atoms with Gasteiger partial charge in [-0.25, -0.2) is 0 Å². The summed E-state index contributed by atoms with van der Waals surface area (Å²) in [6, 6.07) is 0. The van der Waals surface area contributed by atoms with Crippen LogP contribution in [0.2, 0.25) is 0 Å². The molecule has 6 saturated heterocycles. The highest BCUT2D eigenvalue weighted by Crippen LogP contribution is 2.32. The predicted octanol–water partition coefficient (Wildman–Crippen LogP) is -12.1. The first-order chi connectivity index (χ1) is 41.7. The highest BCUT2D eigenvalue weighted by molar-refractivity contribution is 4.95. The molecule has 0 spiro atoms. The van der Waals surface area contributed by atoms with Gasteiger partial charge in [0, 0.05) is 26.4 Å². The number of aliphatic hydroxyl groups excluding tert-OH is 20. The maximum atomic E-state index is 10.6. The topological polar surface area (TPSA) is 552 Å². The predicted molar refractivity (Wildman–Crippen MR) is 276 cm³/mol. The summed E-state index contributed by atoms with van der Waals surface area (Å²) in [5.41, 5.74) is 0. The van der Waals surface area contributed by atoms with Crippen LogP contribution in [0.4, 0.5) is 0 Å². The van der Waals surface area contributed by atoms with E-state index in [1.54, 1.807) is 0 Å². The summed E-state index contributed by atoms with van der Waals surface area (Å²) in [5, 5.41) is 204. The molecule has 0 aromatic heterocycles. The molecule has 0 aliphatic carbocycles. The molecule has 0 amide bonds. The fourth-order valence-corrected chi connectivity index (χ4v) is 10.2. The fraction of sp³-hybridized carbons (Fsp3) is 1.00. The van der Waals surface area contributed by atoms with Crippen molar-refractivity contribution in [2.24, 2.45) is 0 Å². The standard InChI is InChI=1S/C51H92O36/c52-16-22-28(57)33(62)38(67)46(82-22)76-10-1-6-72-21-27-43(73-7-2-11-77-47-39(68)34(63)29(58)23(17-53)83-47)44(74-8-3-12-78-48-40(69)35(64)30(59)24(18-54)84-48)45(75-9-4-13-79-49-41(70)36(65)31(60)25(19-55)85-49)51(87-27)81-15-5-14-80-50-42(71)37(66)32(61)26(20-56)86-50/h22-71H,1-21H2/t22-,23-,24-,25-,26-,27-,28-,29-,30-,31-,32-,33+,34+,35+,36+,37+,38+,39+,40+,41+,42+,43-,44+,45-,46+,47+,48+,49+,50+,51+/m1/s1. The summed E-state index contributed by atoms with van der Waals surface area (Å²) >= 11 is 0. The Balaban J connectivity index is 1.21. The molecule has 30 atom stereocenters. The van der Waals surface area contributed by atoms with Crippen LogP contribution < -0.4 is 0 Å². The van der Waals surface area contributed by atoms with Crippen LogP contribution in [-0.2, 0) is 75.8 Å². The number of aliphatic hydroxyl groups is 20. The van der Waals surface area contributed by atoms with Gasteiger partial charge in [0.2, 0.25) is 0 Å². The Labute approximate surface area is 499 Å². The van der Waals surface area contributed by atoms with E-state index in [2.05, 4.69) is 0 Å². The van der Waals surface area contributed by atoms with Crippen molar-refractivity contribution in [3.05, 3.63) is 0 Å². The Kier molecular flexibility index (Phi) is 32.1. The molecule has 0 aromatic rings. The number of ether oxygens (including phenoxy) is 16. The molecule has 87 heavy (non-hydrogen) atoms. The Morgan fingerprint density at radius 3 is 0.701 bits per heavy atom. The van der Waals surface area contributed by atoms with Gasteiger partial charge >= 0.3 is 0 Å². The van der Waals surface area contributed by atoms with E-state index in [1.165, 1.54) is 0 Å². The average molecular weight is 1280 g/mol. The molecule has 6 aliphatic heterocycles. The Morgan fingerprint density at radius 1 is 0.207 bits per heavy atom. The van der Waals surface area contributed by atoms with E-state index >= 15 is 0 Å². The normalized spacial score (nSPS) is 43.9. The van der Waals surface area contributed by atoms with Gasteiger partial charge in [0.05, 0.1) is 79.3 Å². The van der Waals surface area contributed by atoms with Gasteiger partial charge in [0.15, 0.2) is 37.7 Å². The van der Waals surface area contributed by atoms with Crippen LogP contribution in [0.15, 0.2) is 0 Å². The first-order valence-electron chi connectivity index (χ1n) is 29.0. The SMILES string of the molecule is OC[C@H]1O[C@H](OCCCOC[C@H]2O[C@H](OCCCO[C@H]3O[C@H](CO)[C@@H](O)[C@H](O)[C@@H]3O)[C@H](OCCCO[C@H]3O[C@H](CO)[C@@H](O)[C@H](O)[C@@H]3O)[C@@H](OCCCO[C@H]3O[C@H](CO)[C@@H](O)[C@H](O)[C@@H]3O)[C@@H]2OCCCO[C@H]2O[C@H](CO)[C@@H](O)[C@H](O)[C@@H]2O)[C@@H](O)[C@@H](O)[C@@H]1O. The second kappa shape index (κ2) is 37.5. The monoisotopic (exact) mass is 1280 g/mol. The van der Waals surface area contributed by atoms with Crippen molar-refractivity contribution in [1.29, 1.82) is 0 Å². The lowest BCUT2D eigenvalue weighted by Gasteiger charge is -2.46. The van der Waals surface area contributed by atoms with Crippen molar-refractivity contribution in [2.75, 3.05) is 106 Å². The summed E-state index contributed by atoms with van der Waals surface area (Å²) in [4.78, 5) is 0. The Hall–Kier alpha value is -1.44. The van der Waals surface area contributed by atoms with Gasteiger partial charge in [-0.3, -0.25) is 0 Å². The molecular formula is C51H92O36. The minimum absolute atomic E-state index is 0.0299. The average Bonchev–Trinajstić information content (AvgIpc) is 1.71. The largest absolute Gasteiger partial charge is 0.394 e. The smallest absolute Gasteiger partial charge is 0.186 e. The lowest BCUT2D eigenvalue weighted by Crippen LogP contribution is -2.62. The van der Waals surface area contributed by atoms with E-state index in [9.17, 15) is 102 Å². The van der Waals surface area contributed by atoms with Crippen LogP contribution in [0.3, 0.4) is 0 Å². The molecule has 6 aliphatic rings. The van der Waals surface area contributed by atoms with E-state index in [0.29, 0.717) is 0 Å². The van der Waals surface area contributed by atoms with Crippen molar-refractivity contribution in [3.63, 3.8) is 0 Å². The number of hydrogen-bond donors (Lipinski definition) is 20. The van der Waals surface area contributed by atoms with Crippen LogP contribution >= 0.6 is 0 Å². The van der Waals surface area contributed by atoms with Gasteiger partial charge in [0.25, 0.3) is 0 Å². The maximum Gasteiger partial charge on any atom is 0.186 e. The van der Waals surface area contributed by atoms with Gasteiger partial charge in [-0.15, -0.1) is 0 Å². The van der Waals surface area contributed by atoms with Crippen molar-refractivity contribution >= 4 is 0 Å². The molecule has 0 saturated carbocycles. The van der Waals surface area contributed by atoms with E-state index in [4.69, 9.17) is 75.8 Å². The molecule has 6 heterocycles. The van der Waals surface area contributed by atoms with Crippen molar-refractivity contribution < 1.29 is 178 Å². The Bertz CT molecular complexity index is 1850. The molecule has 36 nitrogen and oxygen atoms in total. The van der Waals surface area contributed by atoms with Crippen molar-refractivity contribution in [3.8, 4) is 0 Å². The van der Waals surface area contributed by atoms with Gasteiger partial charge in [-0.05, 0) is 32.1 Å². The highest BCUT2D eigenvalue weighted by Gasteiger charge is 2.51. The maximum absolute atomic E-state index is 10.6. The molecule has 0 unspecified atom stereocenters. The summed E-state index contributed by atoms with van der Waals surface area (Å²) in [5.74, 6) is 0. The van der Waals surface area contributed by atoms with Crippen LogP contribution in [0.5, 0.6) is 0 Å². The molecule has 512 valence electrons. The number of hydrogen-bond acceptors (Lipinski definition) is 36. The fourth-order valence-electron chi connectivity index (χ4n) is 10.2. The minimum atomic E-state index is -1.73. The summed E-state index contributed by atoms with van der Waals surface area (Å²) in [6.45, 7) is -5.55. The lowest BCUT2D eigenvalue weighted by molar-refractivity contribution is -0.327. The molecule has 0 radical (unpaired) electrons. The summed E-state index contributed by atoms with van der Waals surface area (Å²) in [6.07, 6.45) is -44.8. The van der Waals surface area contributed by atoms with Crippen LogP contribution in [0, 0.1) is 0 Å². The summed E-state index contributed by atoms with van der Waals surface area (Å²) in [7, 11) is 0. The molecule has 20 N–H and O–H groups in total. The molecule has 36 heteroatoms. The van der Waals surface area contributed by atoms with Crippen LogP contribution in [0.1, 0.15) is 32.1 Å². The van der Waals surface area contributed by atoms with E-state index < -0.39 is 217 Å². The van der Waals surface area contributed by atoms with E-state index in [-0.39, 0.29) is 105 Å². The minimum Gasteiger partial charge on any atom is -0.394 e. The zero-order valence-corrected chi connectivity index (χ0v) is 47.6. The van der Waals surface area contributed by atoms with Crippen LogP contribution in [0.25, 0.3) is 0 Å². The van der Waals surface area contributed by atoms with Gasteiger partial charge in [-0.2, -0.15) is 0 Å². The first-order valence-corrected chi connectivity index (χ1v) is 29.0.